The van der Waals surface area contributed by atoms with Crippen molar-refractivity contribution < 1.29 is 23.8 Å². The third-order valence-corrected chi connectivity index (χ3v) is 3.03. The van der Waals surface area contributed by atoms with Crippen molar-refractivity contribution in [2.24, 2.45) is 0 Å². The van der Waals surface area contributed by atoms with Gasteiger partial charge in [-0.05, 0) is 12.1 Å². The minimum absolute atomic E-state index is 0.0232. The van der Waals surface area contributed by atoms with Crippen molar-refractivity contribution >= 4 is 11.8 Å². The molecule has 7 heteroatoms. The Kier molecular flexibility index (Phi) is 4.19. The van der Waals surface area contributed by atoms with E-state index in [2.05, 4.69) is 5.32 Å². The summed E-state index contributed by atoms with van der Waals surface area (Å²) in [7, 11) is 1.65. The molecule has 1 saturated heterocycles. The van der Waals surface area contributed by atoms with Crippen LogP contribution in [0.25, 0.3) is 0 Å². The van der Waals surface area contributed by atoms with Gasteiger partial charge in [0.1, 0.15) is 18.2 Å². The smallest absolute Gasteiger partial charge is 0.254 e. The number of morpholine rings is 1. The van der Waals surface area contributed by atoms with E-state index >= 15 is 0 Å². The minimum atomic E-state index is -0.792. The van der Waals surface area contributed by atoms with E-state index < -0.39 is 11.7 Å². The lowest BCUT2D eigenvalue weighted by atomic mass is 10.2. The number of halogens is 1. The van der Waals surface area contributed by atoms with E-state index in [0.717, 1.165) is 6.07 Å². The second-order valence-electron chi connectivity index (χ2n) is 4.58. The topological polar surface area (TPSA) is 78.9 Å². The Labute approximate surface area is 115 Å². The third-order valence-electron chi connectivity index (χ3n) is 3.03. The Morgan fingerprint density at radius 2 is 2.35 bits per heavy atom. The van der Waals surface area contributed by atoms with Gasteiger partial charge in [-0.15, -0.1) is 0 Å². The van der Waals surface area contributed by atoms with Gasteiger partial charge < -0.3 is 20.1 Å². The van der Waals surface area contributed by atoms with E-state index in [4.69, 9.17) is 9.84 Å². The van der Waals surface area contributed by atoms with E-state index in [1.54, 1.807) is 7.05 Å². The number of phenolic OH excluding ortho intramolecular Hbond substituents is 1. The first kappa shape index (κ1) is 14.3. The molecule has 1 fully saturated rings. The number of amides is 2. The molecule has 1 atom stereocenters. The molecule has 0 spiro atoms. The first-order valence-electron chi connectivity index (χ1n) is 6.09. The van der Waals surface area contributed by atoms with Crippen molar-refractivity contribution in [2.45, 2.75) is 6.10 Å². The first-order chi connectivity index (χ1) is 9.47. The quantitative estimate of drug-likeness (QED) is 0.825. The highest BCUT2D eigenvalue weighted by Gasteiger charge is 2.24. The number of carbonyl (C=O) groups excluding carboxylic acids is 2. The molecule has 1 aliphatic rings. The van der Waals surface area contributed by atoms with Gasteiger partial charge in [0.05, 0.1) is 11.7 Å². The third kappa shape index (κ3) is 3.24. The summed E-state index contributed by atoms with van der Waals surface area (Å²) in [4.78, 5) is 24.5. The van der Waals surface area contributed by atoms with Gasteiger partial charge in [0.2, 0.25) is 5.91 Å². The average Bonchev–Trinajstić information content (AvgIpc) is 2.40. The van der Waals surface area contributed by atoms with Gasteiger partial charge in [-0.3, -0.25) is 9.59 Å². The Balaban J connectivity index is 1.91. The Hall–Kier alpha value is -2.15. The second kappa shape index (κ2) is 5.87. The molecule has 2 amide bonds. The number of aromatic hydroxyl groups is 1. The van der Waals surface area contributed by atoms with Crippen LogP contribution in [0.3, 0.4) is 0 Å². The van der Waals surface area contributed by atoms with Crippen LogP contribution in [0, 0.1) is 5.82 Å². The summed E-state index contributed by atoms with van der Waals surface area (Å²) in [5.74, 6) is -1.74. The summed E-state index contributed by atoms with van der Waals surface area (Å²) in [5.41, 5.74) is -0.150. The van der Waals surface area contributed by atoms with Crippen molar-refractivity contribution in [1.82, 2.24) is 10.2 Å². The highest BCUT2D eigenvalue weighted by molar-refractivity contribution is 5.94. The molecule has 6 nitrogen and oxygen atoms in total. The Bertz CT molecular complexity index is 535. The molecule has 1 aromatic carbocycles. The van der Waals surface area contributed by atoms with Gasteiger partial charge in [-0.1, -0.05) is 0 Å². The summed E-state index contributed by atoms with van der Waals surface area (Å²) in [5, 5.41) is 11.6. The lowest BCUT2D eigenvalue weighted by Gasteiger charge is -2.29. The van der Waals surface area contributed by atoms with Gasteiger partial charge in [0.15, 0.2) is 0 Å². The maximum atomic E-state index is 13.5. The maximum absolute atomic E-state index is 13.5. The zero-order valence-corrected chi connectivity index (χ0v) is 10.9. The fourth-order valence-corrected chi connectivity index (χ4v) is 1.87. The molecule has 1 aromatic rings. The summed E-state index contributed by atoms with van der Waals surface area (Å²) >= 11 is 0. The molecule has 1 aliphatic heterocycles. The van der Waals surface area contributed by atoms with E-state index in [9.17, 15) is 14.0 Å². The first-order valence-corrected chi connectivity index (χ1v) is 6.09. The highest BCUT2D eigenvalue weighted by atomic mass is 19.1. The summed E-state index contributed by atoms with van der Waals surface area (Å²) < 4.78 is 18.7. The van der Waals surface area contributed by atoms with Gasteiger partial charge in [0, 0.05) is 26.2 Å². The number of likely N-dealkylation sites (N-methyl/N-ethyl adjacent to an activating group) is 1. The maximum Gasteiger partial charge on any atom is 0.254 e. The predicted octanol–water partition coefficient (Wildman–Crippen LogP) is 0.118. The molecule has 0 aromatic heterocycles. The van der Waals surface area contributed by atoms with Crippen LogP contribution in [0.1, 0.15) is 10.4 Å². The predicted molar refractivity (Wildman–Crippen MR) is 67.8 cm³/mol. The zero-order chi connectivity index (χ0) is 14.7. The molecule has 1 heterocycles. The zero-order valence-electron chi connectivity index (χ0n) is 10.9. The lowest BCUT2D eigenvalue weighted by Crippen LogP contribution is -2.48. The SMILES string of the molecule is CN1C[C@H](CNC(=O)c2ccc(O)cc2F)OCC1=O. The monoisotopic (exact) mass is 282 g/mol. The van der Waals surface area contributed by atoms with Crippen molar-refractivity contribution in [3.8, 4) is 5.75 Å². The number of rotatable bonds is 3. The molecule has 0 saturated carbocycles. The number of hydrogen-bond donors (Lipinski definition) is 2. The van der Waals surface area contributed by atoms with Crippen LogP contribution in [-0.2, 0) is 9.53 Å². The number of nitrogens with zero attached hydrogens (tertiary/aromatic N) is 1. The fraction of sp³-hybridized carbons (Fsp3) is 0.385. The van der Waals surface area contributed by atoms with E-state index in [1.807, 2.05) is 0 Å². The number of carbonyl (C=O) groups is 2. The van der Waals surface area contributed by atoms with E-state index in [-0.39, 0.29) is 36.5 Å². The molecule has 2 rings (SSSR count). The van der Waals surface area contributed by atoms with Crippen LogP contribution in [0.5, 0.6) is 5.75 Å². The largest absolute Gasteiger partial charge is 0.508 e. The highest BCUT2D eigenvalue weighted by Crippen LogP contribution is 2.15. The Morgan fingerprint density at radius 1 is 1.60 bits per heavy atom. The van der Waals surface area contributed by atoms with E-state index in [1.165, 1.54) is 17.0 Å². The van der Waals surface area contributed by atoms with Crippen molar-refractivity contribution in [1.29, 1.82) is 0 Å². The molecular weight excluding hydrogens is 267 g/mol. The minimum Gasteiger partial charge on any atom is -0.508 e. The van der Waals surface area contributed by atoms with Crippen LogP contribution in [-0.4, -0.2) is 54.7 Å². The van der Waals surface area contributed by atoms with Crippen molar-refractivity contribution in [3.05, 3.63) is 29.6 Å². The molecule has 0 unspecified atom stereocenters. The van der Waals surface area contributed by atoms with Gasteiger partial charge in [-0.2, -0.15) is 0 Å². The van der Waals surface area contributed by atoms with Gasteiger partial charge >= 0.3 is 0 Å². The second-order valence-corrected chi connectivity index (χ2v) is 4.58. The van der Waals surface area contributed by atoms with Crippen LogP contribution < -0.4 is 5.32 Å². The molecule has 0 bridgehead atoms. The molecule has 2 N–H and O–H groups in total. The van der Waals surface area contributed by atoms with Crippen LogP contribution in [0.2, 0.25) is 0 Å². The Morgan fingerprint density at radius 3 is 3.00 bits per heavy atom. The summed E-state index contributed by atoms with van der Waals surface area (Å²) in [6.07, 6.45) is -0.318. The lowest BCUT2D eigenvalue weighted by molar-refractivity contribution is -0.146. The van der Waals surface area contributed by atoms with E-state index in [0.29, 0.717) is 6.54 Å². The number of benzene rings is 1. The molecule has 0 aliphatic carbocycles. The number of nitrogens with one attached hydrogen (secondary N) is 1. The molecular formula is C13H15FN2O4. The average molecular weight is 282 g/mol. The van der Waals surface area contributed by atoms with Gasteiger partial charge in [-0.25, -0.2) is 4.39 Å². The summed E-state index contributed by atoms with van der Waals surface area (Å²) in [6.45, 7) is 0.526. The number of ether oxygens (including phenoxy) is 1. The number of hydrogen-bond acceptors (Lipinski definition) is 4. The molecule has 108 valence electrons. The van der Waals surface area contributed by atoms with Crippen molar-refractivity contribution in [3.63, 3.8) is 0 Å². The van der Waals surface area contributed by atoms with Crippen molar-refractivity contribution in [2.75, 3.05) is 26.7 Å². The normalized spacial score (nSPS) is 19.0. The van der Waals surface area contributed by atoms with Crippen LogP contribution in [0.4, 0.5) is 4.39 Å². The fourth-order valence-electron chi connectivity index (χ4n) is 1.87. The van der Waals surface area contributed by atoms with Crippen LogP contribution >= 0.6 is 0 Å². The summed E-state index contributed by atoms with van der Waals surface area (Å²) in [6, 6.07) is 3.32. The number of phenols is 1. The molecule has 20 heavy (non-hydrogen) atoms. The van der Waals surface area contributed by atoms with Gasteiger partial charge in [0.25, 0.3) is 5.91 Å². The van der Waals surface area contributed by atoms with Crippen LogP contribution in [0.15, 0.2) is 18.2 Å². The molecule has 0 radical (unpaired) electrons. The standard InChI is InChI=1S/C13H15FN2O4/c1-16-6-9(20-7-12(16)18)5-15-13(19)10-3-2-8(17)4-11(10)14/h2-4,9,17H,5-7H2,1H3,(H,15,19)/t9-/m0/s1.